The van der Waals surface area contributed by atoms with E-state index in [0.29, 0.717) is 19.4 Å². The Morgan fingerprint density at radius 3 is 2.64 bits per heavy atom. The summed E-state index contributed by atoms with van der Waals surface area (Å²) in [5, 5.41) is 21.1. The molecule has 2 aliphatic heterocycles. The van der Waals surface area contributed by atoms with Crippen LogP contribution in [-0.4, -0.2) is 39.7 Å². The molecule has 5 rings (SSSR count). The molecule has 6 heteroatoms. The normalized spacial score (nSPS) is 18.8. The molecule has 33 heavy (non-hydrogen) atoms. The number of nitrogens with zero attached hydrogens (tertiary/aromatic N) is 2. The number of aliphatic hydroxyl groups is 1. The number of hydrogen-bond donors (Lipinski definition) is 2. The highest BCUT2D eigenvalue weighted by atomic mass is 19.1. The fourth-order valence-corrected chi connectivity index (χ4v) is 4.75. The Morgan fingerprint density at radius 2 is 1.85 bits per heavy atom. The number of pyridine rings is 1. The number of benzene rings is 2. The summed E-state index contributed by atoms with van der Waals surface area (Å²) in [7, 11) is 0. The van der Waals surface area contributed by atoms with E-state index < -0.39 is 5.60 Å². The lowest BCUT2D eigenvalue weighted by Gasteiger charge is -2.38. The van der Waals surface area contributed by atoms with E-state index in [-0.39, 0.29) is 11.6 Å². The molecule has 3 aromatic rings. The third-order valence-electron chi connectivity index (χ3n) is 6.66. The van der Waals surface area contributed by atoms with Gasteiger partial charge in [0.15, 0.2) is 0 Å². The maximum absolute atomic E-state index is 13.2. The molecule has 1 fully saturated rings. The van der Waals surface area contributed by atoms with Crippen LogP contribution >= 0.6 is 0 Å². The highest BCUT2D eigenvalue weighted by molar-refractivity contribution is 5.85. The standard InChI is InChI=1S/C27H27FN2O3/c28-20-7-5-19(6-8-20)27(32)11-15-30(16-12-27)14-2-4-22-23-3-1-13-29-25(23)18-33-26-10-9-21(31)17-24(22)26/h1,3-10,13,17,31-32H,2,11-12,14-16,18H2/b22-4+. The van der Waals surface area contributed by atoms with Gasteiger partial charge in [-0.3, -0.25) is 4.98 Å². The van der Waals surface area contributed by atoms with Crippen LogP contribution in [0.2, 0.25) is 0 Å². The first-order valence-electron chi connectivity index (χ1n) is 11.3. The van der Waals surface area contributed by atoms with E-state index in [4.69, 9.17) is 4.74 Å². The Kier molecular flexibility index (Phi) is 5.87. The molecular formula is C27H27FN2O3. The molecule has 2 N–H and O–H groups in total. The van der Waals surface area contributed by atoms with Crippen LogP contribution in [0.1, 0.15) is 41.6 Å². The predicted molar refractivity (Wildman–Crippen MR) is 124 cm³/mol. The number of aromatic hydroxyl groups is 1. The summed E-state index contributed by atoms with van der Waals surface area (Å²) < 4.78 is 19.2. The van der Waals surface area contributed by atoms with E-state index in [0.717, 1.165) is 59.8 Å². The van der Waals surface area contributed by atoms with Gasteiger partial charge in [0, 0.05) is 37.0 Å². The first kappa shape index (κ1) is 21.6. The van der Waals surface area contributed by atoms with Crippen LogP contribution in [0.5, 0.6) is 11.5 Å². The van der Waals surface area contributed by atoms with Crippen LogP contribution in [-0.2, 0) is 12.2 Å². The summed E-state index contributed by atoms with van der Waals surface area (Å²) in [6.45, 7) is 2.79. The maximum Gasteiger partial charge on any atom is 0.131 e. The van der Waals surface area contributed by atoms with Crippen LogP contribution in [0.4, 0.5) is 4.39 Å². The molecule has 0 spiro atoms. The number of aromatic nitrogens is 1. The quantitative estimate of drug-likeness (QED) is 0.612. The first-order valence-corrected chi connectivity index (χ1v) is 11.3. The van der Waals surface area contributed by atoms with Gasteiger partial charge in [0.05, 0.1) is 11.3 Å². The third-order valence-corrected chi connectivity index (χ3v) is 6.66. The average molecular weight is 447 g/mol. The molecule has 3 heterocycles. The van der Waals surface area contributed by atoms with Crippen molar-refractivity contribution in [1.29, 1.82) is 0 Å². The van der Waals surface area contributed by atoms with E-state index in [1.165, 1.54) is 12.1 Å². The molecule has 2 aliphatic rings. The summed E-state index contributed by atoms with van der Waals surface area (Å²) in [6.07, 6.45) is 6.00. The highest BCUT2D eigenvalue weighted by Crippen LogP contribution is 2.38. The monoisotopic (exact) mass is 446 g/mol. The van der Waals surface area contributed by atoms with Gasteiger partial charge >= 0.3 is 0 Å². The maximum atomic E-state index is 13.2. The van der Waals surface area contributed by atoms with Crippen molar-refractivity contribution in [3.8, 4) is 11.5 Å². The molecule has 1 aromatic heterocycles. The lowest BCUT2D eigenvalue weighted by atomic mass is 9.84. The molecule has 5 nitrogen and oxygen atoms in total. The van der Waals surface area contributed by atoms with Crippen molar-refractivity contribution >= 4 is 5.57 Å². The number of likely N-dealkylation sites (tertiary alicyclic amines) is 1. The van der Waals surface area contributed by atoms with Gasteiger partial charge in [0.2, 0.25) is 0 Å². The van der Waals surface area contributed by atoms with Gasteiger partial charge in [0.25, 0.3) is 0 Å². The Labute approximate surface area is 192 Å². The van der Waals surface area contributed by atoms with Crippen LogP contribution < -0.4 is 4.74 Å². The molecule has 1 saturated heterocycles. The van der Waals surface area contributed by atoms with Crippen molar-refractivity contribution in [2.24, 2.45) is 0 Å². The summed E-state index contributed by atoms with van der Waals surface area (Å²) >= 11 is 0. The van der Waals surface area contributed by atoms with Crippen LogP contribution in [0.3, 0.4) is 0 Å². The van der Waals surface area contributed by atoms with Gasteiger partial charge in [-0.2, -0.15) is 0 Å². The van der Waals surface area contributed by atoms with Crippen molar-refractivity contribution in [3.05, 3.63) is 95.1 Å². The topological polar surface area (TPSA) is 65.8 Å². The van der Waals surface area contributed by atoms with Crippen molar-refractivity contribution < 1.29 is 19.3 Å². The second kappa shape index (κ2) is 8.96. The molecular weight excluding hydrogens is 419 g/mol. The molecule has 0 amide bonds. The van der Waals surface area contributed by atoms with E-state index >= 15 is 0 Å². The lowest BCUT2D eigenvalue weighted by molar-refractivity contribution is -0.0254. The van der Waals surface area contributed by atoms with Gasteiger partial charge in [0.1, 0.15) is 23.9 Å². The van der Waals surface area contributed by atoms with E-state index in [1.54, 1.807) is 36.5 Å². The molecule has 0 saturated carbocycles. The van der Waals surface area contributed by atoms with Gasteiger partial charge in [-0.1, -0.05) is 24.3 Å². The Hall–Kier alpha value is -3.22. The molecule has 0 bridgehead atoms. The SMILES string of the molecule is Oc1ccc2c(c1)/C(=C/CCN1CCC(O)(c3ccc(F)cc3)CC1)c1cccnc1CO2. The molecule has 0 unspecified atom stereocenters. The molecule has 0 atom stereocenters. The summed E-state index contributed by atoms with van der Waals surface area (Å²) in [6, 6.07) is 15.3. The van der Waals surface area contributed by atoms with Crippen LogP contribution in [0.15, 0.2) is 66.9 Å². The van der Waals surface area contributed by atoms with Crippen LogP contribution in [0.25, 0.3) is 5.57 Å². The van der Waals surface area contributed by atoms with Gasteiger partial charge in [-0.05, 0) is 66.8 Å². The largest absolute Gasteiger partial charge is 0.508 e. The Balaban J connectivity index is 1.30. The molecule has 2 aromatic carbocycles. The molecule has 170 valence electrons. The average Bonchev–Trinajstić information content (AvgIpc) is 2.98. The smallest absolute Gasteiger partial charge is 0.131 e. The molecule has 0 aliphatic carbocycles. The third kappa shape index (κ3) is 4.49. The second-order valence-corrected chi connectivity index (χ2v) is 8.75. The number of phenols is 1. The van der Waals surface area contributed by atoms with Crippen molar-refractivity contribution in [2.75, 3.05) is 19.6 Å². The number of piperidine rings is 1. The summed E-state index contributed by atoms with van der Waals surface area (Å²) in [5.74, 6) is 0.648. The predicted octanol–water partition coefficient (Wildman–Crippen LogP) is 4.62. The fourth-order valence-electron chi connectivity index (χ4n) is 4.75. The Bertz CT molecular complexity index is 1170. The minimum atomic E-state index is -0.900. The van der Waals surface area contributed by atoms with E-state index in [9.17, 15) is 14.6 Å². The Morgan fingerprint density at radius 1 is 1.06 bits per heavy atom. The zero-order valence-electron chi connectivity index (χ0n) is 18.4. The number of rotatable bonds is 4. The number of fused-ring (bicyclic) bond motifs is 2. The van der Waals surface area contributed by atoms with Crippen molar-refractivity contribution in [2.45, 2.75) is 31.5 Å². The fraction of sp³-hybridized carbons (Fsp3) is 0.296. The van der Waals surface area contributed by atoms with Gasteiger partial charge in [-0.15, -0.1) is 0 Å². The van der Waals surface area contributed by atoms with Crippen molar-refractivity contribution in [3.63, 3.8) is 0 Å². The highest BCUT2D eigenvalue weighted by Gasteiger charge is 2.33. The number of phenolic OH excluding ortho intramolecular Hbond substituents is 1. The summed E-state index contributed by atoms with van der Waals surface area (Å²) in [4.78, 5) is 6.84. The number of hydrogen-bond acceptors (Lipinski definition) is 5. The number of ether oxygens (including phenoxy) is 1. The van der Waals surface area contributed by atoms with Crippen molar-refractivity contribution in [1.82, 2.24) is 9.88 Å². The second-order valence-electron chi connectivity index (χ2n) is 8.75. The zero-order chi connectivity index (χ0) is 22.8. The lowest BCUT2D eigenvalue weighted by Crippen LogP contribution is -2.42. The molecule has 0 radical (unpaired) electrons. The zero-order valence-corrected chi connectivity index (χ0v) is 18.4. The minimum absolute atomic E-state index is 0.201. The van der Waals surface area contributed by atoms with Crippen LogP contribution in [0, 0.1) is 5.82 Å². The minimum Gasteiger partial charge on any atom is -0.508 e. The number of halogens is 1. The van der Waals surface area contributed by atoms with Gasteiger partial charge in [-0.25, -0.2) is 4.39 Å². The first-order chi connectivity index (χ1) is 16.0. The van der Waals surface area contributed by atoms with Gasteiger partial charge < -0.3 is 19.8 Å². The van der Waals surface area contributed by atoms with E-state index in [2.05, 4.69) is 16.0 Å². The summed E-state index contributed by atoms with van der Waals surface area (Å²) in [5.41, 5.74) is 3.66. The van der Waals surface area contributed by atoms with E-state index in [1.807, 2.05) is 12.1 Å².